The molecule has 0 saturated heterocycles. The molecular formula is C12H19N3. The molecule has 3 nitrogen and oxygen atoms in total. The Morgan fingerprint density at radius 2 is 2.13 bits per heavy atom. The third-order valence-electron chi connectivity index (χ3n) is 3.38. The summed E-state index contributed by atoms with van der Waals surface area (Å²) in [5, 5.41) is 3.56. The maximum absolute atomic E-state index is 4.21. The first-order valence-corrected chi connectivity index (χ1v) is 5.68. The first kappa shape index (κ1) is 10.6. The van der Waals surface area contributed by atoms with Crippen molar-refractivity contribution in [3.63, 3.8) is 0 Å². The summed E-state index contributed by atoms with van der Waals surface area (Å²) >= 11 is 0. The zero-order valence-electron chi connectivity index (χ0n) is 9.53. The summed E-state index contributed by atoms with van der Waals surface area (Å²) in [4.78, 5) is 8.43. The lowest BCUT2D eigenvalue weighted by molar-refractivity contribution is 0.281. The number of hydrogen-bond donors (Lipinski definition) is 1. The summed E-state index contributed by atoms with van der Waals surface area (Å²) in [6.45, 7) is 5.46. The van der Waals surface area contributed by atoms with Crippen LogP contribution in [0.5, 0.6) is 0 Å². The molecule has 1 aliphatic carbocycles. The Hall–Kier alpha value is -0.960. The van der Waals surface area contributed by atoms with Crippen LogP contribution in [0.2, 0.25) is 0 Å². The number of nitrogens with one attached hydrogen (secondary N) is 1. The molecular weight excluding hydrogens is 186 g/mol. The topological polar surface area (TPSA) is 37.8 Å². The van der Waals surface area contributed by atoms with Gasteiger partial charge in [-0.1, -0.05) is 20.3 Å². The molecule has 0 amide bonds. The van der Waals surface area contributed by atoms with E-state index in [1.54, 1.807) is 12.4 Å². The molecule has 1 aromatic rings. The average Bonchev–Trinajstić information content (AvgIpc) is 2.56. The summed E-state index contributed by atoms with van der Waals surface area (Å²) in [6.07, 6.45) is 7.52. The first-order chi connectivity index (χ1) is 7.18. The van der Waals surface area contributed by atoms with E-state index in [1.165, 1.54) is 19.3 Å². The summed E-state index contributed by atoms with van der Waals surface area (Å²) < 4.78 is 0. The minimum absolute atomic E-state index is 0.425. The quantitative estimate of drug-likeness (QED) is 0.821. The Morgan fingerprint density at radius 3 is 2.73 bits per heavy atom. The molecule has 1 N–H and O–H groups in total. The summed E-state index contributed by atoms with van der Waals surface area (Å²) in [7, 11) is 0. The summed E-state index contributed by atoms with van der Waals surface area (Å²) in [6, 6.07) is 2.46. The van der Waals surface area contributed by atoms with Gasteiger partial charge in [0.2, 0.25) is 0 Å². The predicted molar refractivity (Wildman–Crippen MR) is 60.3 cm³/mol. The van der Waals surface area contributed by atoms with Gasteiger partial charge in [-0.15, -0.1) is 0 Å². The molecule has 0 aromatic carbocycles. The van der Waals surface area contributed by atoms with E-state index in [4.69, 9.17) is 0 Å². The van der Waals surface area contributed by atoms with Crippen LogP contribution in [0.1, 0.15) is 38.9 Å². The zero-order chi connectivity index (χ0) is 10.7. The normalized spacial score (nSPS) is 24.3. The SMILES string of the molecule is CC1(C)CCCC1NCc1ncccn1. The maximum atomic E-state index is 4.21. The van der Waals surface area contributed by atoms with Gasteiger partial charge in [0.05, 0.1) is 6.54 Å². The van der Waals surface area contributed by atoms with Crippen molar-refractivity contribution in [1.29, 1.82) is 0 Å². The van der Waals surface area contributed by atoms with Crippen LogP contribution in [0.3, 0.4) is 0 Å². The fraction of sp³-hybridized carbons (Fsp3) is 0.667. The highest BCUT2D eigenvalue weighted by Gasteiger charge is 2.33. The van der Waals surface area contributed by atoms with E-state index in [0.717, 1.165) is 12.4 Å². The molecule has 1 fully saturated rings. The standard InChI is InChI=1S/C12H19N3/c1-12(2)6-3-5-10(12)15-9-11-13-7-4-8-14-11/h4,7-8,10,15H,3,5-6,9H2,1-2H3. The Labute approximate surface area is 91.3 Å². The van der Waals surface area contributed by atoms with E-state index in [1.807, 2.05) is 6.07 Å². The number of aromatic nitrogens is 2. The molecule has 3 heteroatoms. The molecule has 15 heavy (non-hydrogen) atoms. The summed E-state index contributed by atoms with van der Waals surface area (Å²) in [5.41, 5.74) is 0.425. The fourth-order valence-corrected chi connectivity index (χ4v) is 2.34. The zero-order valence-corrected chi connectivity index (χ0v) is 9.53. The lowest BCUT2D eigenvalue weighted by Gasteiger charge is -2.27. The maximum Gasteiger partial charge on any atom is 0.141 e. The van der Waals surface area contributed by atoms with Crippen LogP contribution in [0, 0.1) is 5.41 Å². The van der Waals surface area contributed by atoms with Gasteiger partial charge in [0.1, 0.15) is 5.82 Å². The third kappa shape index (κ3) is 2.53. The minimum Gasteiger partial charge on any atom is -0.307 e. The molecule has 0 radical (unpaired) electrons. The molecule has 1 unspecified atom stereocenters. The second-order valence-electron chi connectivity index (χ2n) is 4.98. The smallest absolute Gasteiger partial charge is 0.141 e. The van der Waals surface area contributed by atoms with Crippen LogP contribution in [-0.2, 0) is 6.54 Å². The van der Waals surface area contributed by atoms with Gasteiger partial charge < -0.3 is 5.32 Å². The Bertz CT molecular complexity index is 308. The van der Waals surface area contributed by atoms with Crippen molar-refractivity contribution in [2.75, 3.05) is 0 Å². The van der Waals surface area contributed by atoms with Gasteiger partial charge in [-0.25, -0.2) is 9.97 Å². The highest BCUT2D eigenvalue weighted by molar-refractivity contribution is 4.93. The van der Waals surface area contributed by atoms with Gasteiger partial charge in [0, 0.05) is 18.4 Å². The van der Waals surface area contributed by atoms with Crippen molar-refractivity contribution in [2.24, 2.45) is 5.41 Å². The average molecular weight is 205 g/mol. The largest absolute Gasteiger partial charge is 0.307 e. The Balaban J connectivity index is 1.89. The van der Waals surface area contributed by atoms with Crippen LogP contribution >= 0.6 is 0 Å². The lowest BCUT2D eigenvalue weighted by atomic mass is 9.87. The van der Waals surface area contributed by atoms with E-state index in [9.17, 15) is 0 Å². The molecule has 82 valence electrons. The predicted octanol–water partition coefficient (Wildman–Crippen LogP) is 2.14. The van der Waals surface area contributed by atoms with E-state index in [-0.39, 0.29) is 0 Å². The van der Waals surface area contributed by atoms with Crippen LogP contribution in [0.15, 0.2) is 18.5 Å². The second kappa shape index (κ2) is 4.27. The van der Waals surface area contributed by atoms with E-state index in [0.29, 0.717) is 11.5 Å². The molecule has 0 spiro atoms. The lowest BCUT2D eigenvalue weighted by Crippen LogP contribution is -2.37. The molecule has 0 aliphatic heterocycles. The van der Waals surface area contributed by atoms with Gasteiger partial charge in [0.25, 0.3) is 0 Å². The molecule has 1 atom stereocenters. The second-order valence-corrected chi connectivity index (χ2v) is 4.98. The van der Waals surface area contributed by atoms with Gasteiger partial charge >= 0.3 is 0 Å². The van der Waals surface area contributed by atoms with Crippen LogP contribution in [0.4, 0.5) is 0 Å². The molecule has 2 rings (SSSR count). The van der Waals surface area contributed by atoms with E-state index < -0.39 is 0 Å². The number of nitrogens with zero attached hydrogens (tertiary/aromatic N) is 2. The van der Waals surface area contributed by atoms with Gasteiger partial charge in [0.15, 0.2) is 0 Å². The molecule has 1 saturated carbocycles. The van der Waals surface area contributed by atoms with Crippen LogP contribution in [0.25, 0.3) is 0 Å². The van der Waals surface area contributed by atoms with Crippen molar-refractivity contribution in [3.05, 3.63) is 24.3 Å². The molecule has 0 bridgehead atoms. The number of rotatable bonds is 3. The van der Waals surface area contributed by atoms with Gasteiger partial charge in [-0.2, -0.15) is 0 Å². The van der Waals surface area contributed by atoms with Crippen molar-refractivity contribution in [1.82, 2.24) is 15.3 Å². The van der Waals surface area contributed by atoms with Gasteiger partial charge in [-0.3, -0.25) is 0 Å². The monoisotopic (exact) mass is 205 g/mol. The van der Waals surface area contributed by atoms with E-state index >= 15 is 0 Å². The third-order valence-corrected chi connectivity index (χ3v) is 3.38. The highest BCUT2D eigenvalue weighted by atomic mass is 15.0. The Kier molecular flexibility index (Phi) is 3.00. The Morgan fingerprint density at radius 1 is 1.40 bits per heavy atom. The van der Waals surface area contributed by atoms with Crippen molar-refractivity contribution >= 4 is 0 Å². The van der Waals surface area contributed by atoms with Crippen LogP contribution < -0.4 is 5.32 Å². The highest BCUT2D eigenvalue weighted by Crippen LogP contribution is 2.37. The molecule has 1 aliphatic rings. The van der Waals surface area contributed by atoms with Crippen molar-refractivity contribution < 1.29 is 0 Å². The molecule has 1 aromatic heterocycles. The first-order valence-electron chi connectivity index (χ1n) is 5.68. The van der Waals surface area contributed by atoms with Crippen LogP contribution in [-0.4, -0.2) is 16.0 Å². The fourth-order valence-electron chi connectivity index (χ4n) is 2.34. The summed E-state index contributed by atoms with van der Waals surface area (Å²) in [5.74, 6) is 0.889. The van der Waals surface area contributed by atoms with E-state index in [2.05, 4.69) is 29.1 Å². The van der Waals surface area contributed by atoms with Crippen molar-refractivity contribution in [2.45, 2.75) is 45.7 Å². The number of hydrogen-bond acceptors (Lipinski definition) is 3. The van der Waals surface area contributed by atoms with Crippen molar-refractivity contribution in [3.8, 4) is 0 Å². The van der Waals surface area contributed by atoms with Gasteiger partial charge in [-0.05, 0) is 24.3 Å². The molecule has 1 heterocycles. The minimum atomic E-state index is 0.425.